The number of rotatable bonds is 9. The maximum atomic E-state index is 12.9. The zero-order valence-electron chi connectivity index (χ0n) is 17.0. The van der Waals surface area contributed by atoms with Crippen LogP contribution in [-0.2, 0) is 21.2 Å². The Kier molecular flexibility index (Phi) is 7.38. The fourth-order valence-electron chi connectivity index (χ4n) is 3.12. The van der Waals surface area contributed by atoms with Gasteiger partial charge >= 0.3 is 0 Å². The first-order chi connectivity index (χ1) is 14.5. The summed E-state index contributed by atoms with van der Waals surface area (Å²) in [7, 11) is -3.56. The Morgan fingerprint density at radius 2 is 1.47 bits per heavy atom. The van der Waals surface area contributed by atoms with Crippen LogP contribution in [0, 0.1) is 6.92 Å². The Bertz CT molecular complexity index is 1050. The topological polar surface area (TPSA) is 66.5 Å². The fraction of sp³-hybridized carbons (Fsp3) is 0.208. The molecule has 0 aliphatic rings. The third-order valence-corrected chi connectivity index (χ3v) is 6.23. The molecule has 0 bridgehead atoms. The van der Waals surface area contributed by atoms with Crippen LogP contribution in [0.1, 0.15) is 17.5 Å². The summed E-state index contributed by atoms with van der Waals surface area (Å²) in [6.45, 7) is 2.58. The van der Waals surface area contributed by atoms with Crippen LogP contribution < -0.4 is 9.62 Å². The monoisotopic (exact) mass is 422 g/mol. The van der Waals surface area contributed by atoms with Crippen molar-refractivity contribution in [1.82, 2.24) is 4.72 Å². The fourth-order valence-corrected chi connectivity index (χ4v) is 4.19. The summed E-state index contributed by atoms with van der Waals surface area (Å²) in [6.07, 6.45) is 0.797. The first-order valence-corrected chi connectivity index (χ1v) is 11.4. The number of nitrogens with zero attached hydrogens (tertiary/aromatic N) is 1. The van der Waals surface area contributed by atoms with Crippen LogP contribution in [0.2, 0.25) is 0 Å². The van der Waals surface area contributed by atoms with Crippen LogP contribution in [0.5, 0.6) is 0 Å². The molecule has 0 spiro atoms. The third-order valence-electron chi connectivity index (χ3n) is 4.75. The van der Waals surface area contributed by atoms with E-state index in [2.05, 4.69) is 4.72 Å². The average molecular weight is 423 g/mol. The molecule has 1 N–H and O–H groups in total. The second kappa shape index (κ2) is 10.2. The van der Waals surface area contributed by atoms with Crippen LogP contribution in [0.15, 0.2) is 89.8 Å². The molecule has 0 aliphatic heterocycles. The zero-order valence-corrected chi connectivity index (χ0v) is 17.8. The van der Waals surface area contributed by atoms with Gasteiger partial charge in [-0.15, -0.1) is 0 Å². The van der Waals surface area contributed by atoms with E-state index in [0.29, 0.717) is 19.4 Å². The second-order valence-corrected chi connectivity index (χ2v) is 8.87. The summed E-state index contributed by atoms with van der Waals surface area (Å²) >= 11 is 0. The van der Waals surface area contributed by atoms with Crippen molar-refractivity contribution in [3.05, 3.63) is 96.1 Å². The lowest BCUT2D eigenvalue weighted by Crippen LogP contribution is -2.35. The normalized spacial score (nSPS) is 11.2. The Labute approximate surface area is 178 Å². The average Bonchev–Trinajstić information content (AvgIpc) is 2.75. The third kappa shape index (κ3) is 6.02. The van der Waals surface area contributed by atoms with Crippen molar-refractivity contribution in [1.29, 1.82) is 0 Å². The highest BCUT2D eigenvalue weighted by Gasteiger charge is 2.17. The highest BCUT2D eigenvalue weighted by molar-refractivity contribution is 7.89. The molecule has 3 aromatic rings. The molecule has 0 radical (unpaired) electrons. The molecule has 0 saturated carbocycles. The van der Waals surface area contributed by atoms with Gasteiger partial charge in [0.05, 0.1) is 11.3 Å². The number of para-hydroxylation sites is 1. The van der Waals surface area contributed by atoms with E-state index >= 15 is 0 Å². The molecule has 0 saturated heterocycles. The minimum Gasteiger partial charge on any atom is -0.312 e. The summed E-state index contributed by atoms with van der Waals surface area (Å²) in [5, 5.41) is 0. The van der Waals surface area contributed by atoms with Crippen molar-refractivity contribution in [3.63, 3.8) is 0 Å². The van der Waals surface area contributed by atoms with Gasteiger partial charge in [0.1, 0.15) is 0 Å². The van der Waals surface area contributed by atoms with Crippen molar-refractivity contribution in [2.45, 2.75) is 24.7 Å². The second-order valence-electron chi connectivity index (χ2n) is 7.11. The zero-order chi connectivity index (χ0) is 21.4. The van der Waals surface area contributed by atoms with E-state index in [1.807, 2.05) is 67.6 Å². The van der Waals surface area contributed by atoms with Gasteiger partial charge in [-0.3, -0.25) is 4.79 Å². The standard InChI is InChI=1S/C24H26N2O3S/c1-20-13-15-23(16-14-20)30(28,29)25-17-8-18-26(22-11-6-3-7-12-22)24(27)19-21-9-4-2-5-10-21/h2-7,9-16,25H,8,17-19H2,1H3. The van der Waals surface area contributed by atoms with Gasteiger partial charge in [0.25, 0.3) is 0 Å². The number of sulfonamides is 1. The highest BCUT2D eigenvalue weighted by Crippen LogP contribution is 2.16. The molecule has 0 heterocycles. The van der Waals surface area contributed by atoms with E-state index in [1.165, 1.54) is 0 Å². The molecule has 30 heavy (non-hydrogen) atoms. The quantitative estimate of drug-likeness (QED) is 0.531. The number of hydrogen-bond acceptors (Lipinski definition) is 3. The molecule has 156 valence electrons. The van der Waals surface area contributed by atoms with Gasteiger partial charge in [-0.1, -0.05) is 66.2 Å². The molecule has 5 nitrogen and oxygen atoms in total. The number of carbonyl (C=O) groups is 1. The summed E-state index contributed by atoms with van der Waals surface area (Å²) in [5.74, 6) is -0.0196. The van der Waals surface area contributed by atoms with Gasteiger partial charge in [0.15, 0.2) is 0 Å². The molecule has 0 fully saturated rings. The van der Waals surface area contributed by atoms with Crippen LogP contribution in [0.3, 0.4) is 0 Å². The first-order valence-electron chi connectivity index (χ1n) is 9.91. The van der Waals surface area contributed by atoms with Crippen LogP contribution in [0.25, 0.3) is 0 Å². The van der Waals surface area contributed by atoms with Crippen molar-refractivity contribution >= 4 is 21.6 Å². The Morgan fingerprint density at radius 1 is 0.867 bits per heavy atom. The van der Waals surface area contributed by atoms with Gasteiger partial charge < -0.3 is 4.90 Å². The number of aryl methyl sites for hydroxylation is 1. The minimum absolute atomic E-state index is 0.0196. The van der Waals surface area contributed by atoms with Gasteiger partial charge in [0, 0.05) is 18.8 Å². The van der Waals surface area contributed by atoms with Gasteiger partial charge in [-0.2, -0.15) is 0 Å². The van der Waals surface area contributed by atoms with Crippen molar-refractivity contribution < 1.29 is 13.2 Å². The largest absolute Gasteiger partial charge is 0.312 e. The lowest BCUT2D eigenvalue weighted by Gasteiger charge is -2.23. The number of anilines is 1. The molecule has 6 heteroatoms. The Morgan fingerprint density at radius 3 is 2.10 bits per heavy atom. The number of amides is 1. The van der Waals surface area contributed by atoms with Gasteiger partial charge in [-0.25, -0.2) is 13.1 Å². The molecule has 0 atom stereocenters. The molecule has 1 amide bonds. The highest BCUT2D eigenvalue weighted by atomic mass is 32.2. The Hall–Kier alpha value is -2.96. The number of carbonyl (C=O) groups excluding carboxylic acids is 1. The number of nitrogens with one attached hydrogen (secondary N) is 1. The predicted molar refractivity (Wildman–Crippen MR) is 120 cm³/mol. The van der Waals surface area contributed by atoms with E-state index in [0.717, 1.165) is 16.8 Å². The molecular weight excluding hydrogens is 396 g/mol. The van der Waals surface area contributed by atoms with Crippen molar-refractivity contribution in [2.24, 2.45) is 0 Å². The van der Waals surface area contributed by atoms with E-state index in [-0.39, 0.29) is 17.3 Å². The lowest BCUT2D eigenvalue weighted by atomic mass is 10.1. The van der Waals surface area contributed by atoms with Crippen LogP contribution >= 0.6 is 0 Å². The molecule has 0 aliphatic carbocycles. The summed E-state index contributed by atoms with van der Waals surface area (Å²) in [4.78, 5) is 14.9. The smallest absolute Gasteiger partial charge is 0.240 e. The maximum absolute atomic E-state index is 12.9. The summed E-state index contributed by atoms with van der Waals surface area (Å²) in [6, 6.07) is 25.8. The minimum atomic E-state index is -3.56. The molecular formula is C24H26N2O3S. The SMILES string of the molecule is Cc1ccc(S(=O)(=O)NCCCN(C(=O)Cc2ccccc2)c2ccccc2)cc1. The lowest BCUT2D eigenvalue weighted by molar-refractivity contribution is -0.118. The summed E-state index contributed by atoms with van der Waals surface area (Å²) < 4.78 is 27.5. The molecule has 0 aromatic heterocycles. The van der Waals surface area contributed by atoms with Gasteiger partial charge in [-0.05, 0) is 43.2 Å². The predicted octanol–water partition coefficient (Wildman–Crippen LogP) is 3.94. The molecule has 0 unspecified atom stereocenters. The van der Waals surface area contributed by atoms with E-state index in [9.17, 15) is 13.2 Å². The van der Waals surface area contributed by atoms with Gasteiger partial charge in [0.2, 0.25) is 15.9 Å². The van der Waals surface area contributed by atoms with E-state index in [1.54, 1.807) is 29.2 Å². The molecule has 3 aromatic carbocycles. The van der Waals surface area contributed by atoms with Crippen LogP contribution in [-0.4, -0.2) is 27.4 Å². The van der Waals surface area contributed by atoms with Crippen molar-refractivity contribution in [2.75, 3.05) is 18.0 Å². The summed E-state index contributed by atoms with van der Waals surface area (Å²) in [5.41, 5.74) is 2.76. The first kappa shape index (κ1) is 21.7. The number of hydrogen-bond donors (Lipinski definition) is 1. The number of benzene rings is 3. The van der Waals surface area contributed by atoms with E-state index in [4.69, 9.17) is 0 Å². The Balaban J connectivity index is 1.62. The molecule has 3 rings (SSSR count). The maximum Gasteiger partial charge on any atom is 0.240 e. The van der Waals surface area contributed by atoms with Crippen LogP contribution in [0.4, 0.5) is 5.69 Å². The van der Waals surface area contributed by atoms with Crippen molar-refractivity contribution in [3.8, 4) is 0 Å². The van der Waals surface area contributed by atoms with E-state index < -0.39 is 10.0 Å².